The third-order valence-electron chi connectivity index (χ3n) is 13.4. The molecule has 2 aliphatic rings. The van der Waals surface area contributed by atoms with Crippen LogP contribution in [0.4, 0.5) is 11.4 Å². The minimum absolute atomic E-state index is 0.196. The highest BCUT2D eigenvalue weighted by molar-refractivity contribution is 7.25. The lowest BCUT2D eigenvalue weighted by Crippen LogP contribution is -2.32. The molecule has 0 N–H and O–H groups in total. The zero-order valence-corrected chi connectivity index (χ0v) is 35.8. The van der Waals surface area contributed by atoms with Gasteiger partial charge in [-0.2, -0.15) is 0 Å². The topological polar surface area (TPSA) is 34.2 Å². The van der Waals surface area contributed by atoms with E-state index < -0.39 is 0 Å². The monoisotopic (exact) mass is 827 g/mol. The van der Waals surface area contributed by atoms with Crippen molar-refractivity contribution in [1.82, 2.24) is 9.55 Å². The van der Waals surface area contributed by atoms with Gasteiger partial charge in [-0.05, 0) is 137 Å². The molecule has 1 aliphatic carbocycles. The Labute approximate surface area is 369 Å². The lowest BCUT2D eigenvalue weighted by Gasteiger charge is -2.43. The number of thiophene rings is 1. The number of benzene rings is 8. The van der Waals surface area contributed by atoms with Gasteiger partial charge in [0.15, 0.2) is 5.58 Å². The fourth-order valence-electron chi connectivity index (χ4n) is 10.3. The molecule has 0 bridgehead atoms. The number of rotatable bonds is 5. The molecule has 3 aromatic heterocycles. The quantitative estimate of drug-likeness (QED) is 0.173. The molecule has 0 spiro atoms. The summed E-state index contributed by atoms with van der Waals surface area (Å²) in [4.78, 5) is 7.50. The summed E-state index contributed by atoms with van der Waals surface area (Å²) in [5.41, 5.74) is 16.7. The summed E-state index contributed by atoms with van der Waals surface area (Å²) in [5, 5.41) is 4.89. The highest BCUT2D eigenvalue weighted by Crippen LogP contribution is 2.52. The zero-order chi connectivity index (χ0) is 41.8. The van der Waals surface area contributed by atoms with Crippen molar-refractivity contribution < 1.29 is 4.42 Å². The van der Waals surface area contributed by atoms with Crippen LogP contribution in [0.2, 0.25) is 0 Å². The second-order valence-electron chi connectivity index (χ2n) is 17.4. The smallest absolute Gasteiger partial charge is 0.227 e. The van der Waals surface area contributed by atoms with Crippen LogP contribution in [0.25, 0.3) is 92.5 Å². The highest BCUT2D eigenvalue weighted by Gasteiger charge is 2.37. The third kappa shape index (κ3) is 5.56. The maximum absolute atomic E-state index is 6.80. The summed E-state index contributed by atoms with van der Waals surface area (Å²) < 4.78 is 11.8. The van der Waals surface area contributed by atoms with Crippen molar-refractivity contribution in [3.8, 4) is 39.4 Å². The predicted octanol–water partition coefficient (Wildman–Crippen LogP) is 16.3. The van der Waals surface area contributed by atoms with Crippen LogP contribution >= 0.6 is 11.3 Å². The molecule has 4 nitrogen and oxygen atoms in total. The van der Waals surface area contributed by atoms with Crippen LogP contribution in [0.15, 0.2) is 198 Å². The molecule has 0 fully saturated rings. The van der Waals surface area contributed by atoms with E-state index in [2.05, 4.69) is 193 Å². The van der Waals surface area contributed by atoms with Gasteiger partial charge in [-0.15, -0.1) is 11.3 Å². The van der Waals surface area contributed by atoms with Gasteiger partial charge in [0.1, 0.15) is 5.52 Å². The van der Waals surface area contributed by atoms with Gasteiger partial charge in [0.2, 0.25) is 5.89 Å². The van der Waals surface area contributed by atoms with Crippen molar-refractivity contribution in [3.63, 3.8) is 0 Å². The van der Waals surface area contributed by atoms with Gasteiger partial charge in [-0.1, -0.05) is 111 Å². The van der Waals surface area contributed by atoms with E-state index in [0.29, 0.717) is 5.89 Å². The van der Waals surface area contributed by atoms with E-state index in [0.717, 1.165) is 57.2 Å². The summed E-state index contributed by atoms with van der Waals surface area (Å²) in [6.07, 6.45) is 9.10. The van der Waals surface area contributed by atoms with Gasteiger partial charge in [0, 0.05) is 53.3 Å². The van der Waals surface area contributed by atoms with Crippen molar-refractivity contribution in [2.24, 2.45) is 0 Å². The molecule has 5 heteroatoms. The number of hydrogen-bond donors (Lipinski definition) is 0. The fraction of sp³-hybridized carbons (Fsp3) is 0.0862. The summed E-state index contributed by atoms with van der Waals surface area (Å²) >= 11 is 1.85. The molecule has 0 saturated heterocycles. The number of allylic oxidation sites excluding steroid dienone is 3. The summed E-state index contributed by atoms with van der Waals surface area (Å²) in [7, 11) is 0. The number of para-hydroxylation sites is 1. The lowest BCUT2D eigenvalue weighted by atomic mass is 9.72. The van der Waals surface area contributed by atoms with Gasteiger partial charge in [0.25, 0.3) is 0 Å². The summed E-state index contributed by atoms with van der Waals surface area (Å²) in [6, 6.07) is 62.0. The minimum Gasteiger partial charge on any atom is -0.434 e. The van der Waals surface area contributed by atoms with Crippen LogP contribution in [0.5, 0.6) is 0 Å². The maximum Gasteiger partial charge on any atom is 0.227 e. The molecule has 0 radical (unpaired) electrons. The van der Waals surface area contributed by atoms with E-state index in [-0.39, 0.29) is 5.41 Å². The summed E-state index contributed by atoms with van der Waals surface area (Å²) in [6.45, 7) is 4.74. The molecular weight excluding hydrogens is 787 g/mol. The summed E-state index contributed by atoms with van der Waals surface area (Å²) in [5.74, 6) is 0.618. The van der Waals surface area contributed by atoms with Crippen molar-refractivity contribution >= 4 is 75.8 Å². The molecule has 8 aromatic carbocycles. The van der Waals surface area contributed by atoms with Crippen molar-refractivity contribution in [2.45, 2.75) is 32.1 Å². The highest BCUT2D eigenvalue weighted by atomic mass is 32.1. The molecule has 11 aromatic rings. The largest absolute Gasteiger partial charge is 0.434 e. The molecule has 300 valence electrons. The van der Waals surface area contributed by atoms with Gasteiger partial charge in [-0.3, -0.25) is 0 Å². The van der Waals surface area contributed by atoms with Crippen LogP contribution in [0.3, 0.4) is 0 Å². The Hall–Kier alpha value is -7.47. The molecular formula is C58H41N3OS. The predicted molar refractivity (Wildman–Crippen MR) is 265 cm³/mol. The van der Waals surface area contributed by atoms with Crippen LogP contribution in [0, 0.1) is 0 Å². The molecule has 0 unspecified atom stereocenters. The first-order chi connectivity index (χ1) is 31.0. The van der Waals surface area contributed by atoms with E-state index >= 15 is 0 Å². The molecule has 63 heavy (non-hydrogen) atoms. The van der Waals surface area contributed by atoms with Gasteiger partial charge >= 0.3 is 0 Å². The van der Waals surface area contributed by atoms with Gasteiger partial charge in [-0.25, -0.2) is 4.98 Å². The normalized spacial score (nSPS) is 14.5. The number of nitrogens with zero attached hydrogens (tertiary/aromatic N) is 3. The first-order valence-electron chi connectivity index (χ1n) is 21.8. The Bertz CT molecular complexity index is 3730. The van der Waals surface area contributed by atoms with Gasteiger partial charge in [0.05, 0.1) is 22.4 Å². The Morgan fingerprint density at radius 2 is 1.29 bits per heavy atom. The van der Waals surface area contributed by atoms with Crippen LogP contribution < -0.4 is 4.90 Å². The first-order valence-corrected chi connectivity index (χ1v) is 22.7. The van der Waals surface area contributed by atoms with E-state index in [4.69, 9.17) is 9.40 Å². The standard InChI is InChI=1S/C58H41N3OS/c1-58(2)47-21-10-11-22-51(47)60(41-17-7-4-8-18-41)52-30-25-40(35-48(52)58)38-24-29-50-45(33-38)44-27-28-49-56(62-57(59-49)36-14-5-3-6-15-36)55(44)61(50)42-19-13-16-37(32-42)39-26-31-54-46(34-39)43-20-9-12-23-53(43)63-54/h3,5-7,9-35H,4,8H2,1-2H3. The number of hydrogen-bond acceptors (Lipinski definition) is 4. The average molecular weight is 828 g/mol. The lowest BCUT2D eigenvalue weighted by molar-refractivity contribution is 0.621. The molecule has 4 heterocycles. The molecule has 1 aliphatic heterocycles. The first kappa shape index (κ1) is 36.2. The van der Waals surface area contributed by atoms with Gasteiger partial charge < -0.3 is 13.9 Å². The second-order valence-corrected chi connectivity index (χ2v) is 18.5. The minimum atomic E-state index is -0.196. The van der Waals surface area contributed by atoms with Crippen molar-refractivity contribution in [2.75, 3.05) is 4.90 Å². The maximum atomic E-state index is 6.80. The molecule has 13 rings (SSSR count). The number of fused-ring (bicyclic) bond motifs is 10. The Morgan fingerprint density at radius 3 is 2.17 bits per heavy atom. The molecule has 0 atom stereocenters. The van der Waals surface area contributed by atoms with E-state index in [1.165, 1.54) is 70.4 Å². The number of oxazole rings is 1. The van der Waals surface area contributed by atoms with Crippen LogP contribution in [0.1, 0.15) is 37.8 Å². The Balaban J connectivity index is 1.00. The van der Waals surface area contributed by atoms with E-state index in [9.17, 15) is 0 Å². The number of aromatic nitrogens is 2. The molecule has 0 amide bonds. The van der Waals surface area contributed by atoms with Crippen molar-refractivity contribution in [1.29, 1.82) is 0 Å². The van der Waals surface area contributed by atoms with E-state index in [1.54, 1.807) is 0 Å². The number of anilines is 2. The third-order valence-corrected chi connectivity index (χ3v) is 14.6. The van der Waals surface area contributed by atoms with Crippen molar-refractivity contribution in [3.05, 3.63) is 205 Å². The van der Waals surface area contributed by atoms with E-state index in [1.807, 2.05) is 29.5 Å². The Morgan fingerprint density at radius 1 is 0.556 bits per heavy atom. The van der Waals surface area contributed by atoms with Crippen LogP contribution in [-0.4, -0.2) is 9.55 Å². The molecule has 0 saturated carbocycles. The average Bonchev–Trinajstić information content (AvgIpc) is 4.04. The second kappa shape index (κ2) is 13.8. The zero-order valence-electron chi connectivity index (χ0n) is 35.0. The fourth-order valence-corrected chi connectivity index (χ4v) is 11.4. The van der Waals surface area contributed by atoms with Crippen LogP contribution in [-0.2, 0) is 5.41 Å². The Kier molecular flexibility index (Phi) is 7.91. The SMILES string of the molecule is CC1(C)c2ccccc2N(C2=CCCC=C2)c2ccc(-c3ccc4c(c3)c3ccc5nc(-c6ccccc6)oc5c3n4-c3cccc(-c4ccc5sc6ccccc6c5c4)c3)cc21.